The quantitative estimate of drug-likeness (QED) is 0.256. The maximum absolute atomic E-state index is 13.9. The van der Waals surface area contributed by atoms with Gasteiger partial charge < -0.3 is 20.5 Å². The zero-order valence-electron chi connectivity index (χ0n) is 16.1. The highest BCUT2D eigenvalue weighted by Gasteiger charge is 2.09. The Kier molecular flexibility index (Phi) is 14.4. The Balaban J connectivity index is 0.00000625. The fourth-order valence-electron chi connectivity index (χ4n) is 2.61. The van der Waals surface area contributed by atoms with Gasteiger partial charge in [0, 0.05) is 19.7 Å². The Hall–Kier alpha value is -1.09. The molecular formula is C19H33FIN3O2. The van der Waals surface area contributed by atoms with Gasteiger partial charge in [-0.3, -0.25) is 0 Å². The Morgan fingerprint density at radius 2 is 2.00 bits per heavy atom. The molecule has 0 fully saturated rings. The number of aliphatic hydroxyl groups is 1. The molecule has 1 unspecified atom stereocenters. The number of rotatable bonds is 11. The minimum Gasteiger partial charge on any atom is -0.491 e. The summed E-state index contributed by atoms with van der Waals surface area (Å²) in [6.45, 7) is 8.52. The number of nitrogens with zero attached hydrogens (tertiary/aromatic N) is 1. The van der Waals surface area contributed by atoms with Crippen LogP contribution in [0.15, 0.2) is 23.2 Å². The maximum atomic E-state index is 13.9. The van der Waals surface area contributed by atoms with Gasteiger partial charge in [-0.25, -0.2) is 9.38 Å². The fourth-order valence-corrected chi connectivity index (χ4v) is 2.61. The summed E-state index contributed by atoms with van der Waals surface area (Å²) in [6.07, 6.45) is 2.94. The summed E-state index contributed by atoms with van der Waals surface area (Å²) in [4.78, 5) is 4.52. The molecule has 0 heterocycles. The molecule has 0 aliphatic heterocycles. The molecule has 0 radical (unpaired) electrons. The minimum atomic E-state index is -0.363. The monoisotopic (exact) mass is 481 g/mol. The highest BCUT2D eigenvalue weighted by atomic mass is 127. The first-order chi connectivity index (χ1) is 12.1. The van der Waals surface area contributed by atoms with E-state index in [1.165, 1.54) is 6.07 Å². The standard InChI is InChI=1S/C19H32FN3O2.HI/c1-4-7-15(10-11-24)13-22-19(21-5-2)23-14-16-8-9-18(25-6-3)17(20)12-16;/h8-9,12,15,24H,4-7,10-11,13-14H2,1-3H3,(H2,21,22,23);1H. The minimum absolute atomic E-state index is 0. The van der Waals surface area contributed by atoms with Gasteiger partial charge in [-0.05, 0) is 50.3 Å². The van der Waals surface area contributed by atoms with Crippen LogP contribution in [0.3, 0.4) is 0 Å². The summed E-state index contributed by atoms with van der Waals surface area (Å²) in [5, 5.41) is 15.7. The third-order valence-electron chi connectivity index (χ3n) is 3.85. The molecule has 1 atom stereocenters. The number of benzene rings is 1. The van der Waals surface area contributed by atoms with Crippen LogP contribution in [0.25, 0.3) is 0 Å². The van der Waals surface area contributed by atoms with E-state index in [4.69, 9.17) is 9.84 Å². The summed E-state index contributed by atoms with van der Waals surface area (Å²) in [5.41, 5.74) is 0.790. The predicted octanol–water partition coefficient (Wildman–Crippen LogP) is 3.70. The Labute approximate surface area is 173 Å². The third-order valence-corrected chi connectivity index (χ3v) is 3.85. The van der Waals surface area contributed by atoms with Gasteiger partial charge in [0.15, 0.2) is 17.5 Å². The zero-order valence-corrected chi connectivity index (χ0v) is 18.4. The van der Waals surface area contributed by atoms with E-state index >= 15 is 0 Å². The van der Waals surface area contributed by atoms with Gasteiger partial charge in [0.2, 0.25) is 0 Å². The Morgan fingerprint density at radius 1 is 1.23 bits per heavy atom. The second-order valence-corrected chi connectivity index (χ2v) is 5.94. The first-order valence-corrected chi connectivity index (χ1v) is 9.18. The van der Waals surface area contributed by atoms with Crippen LogP contribution in [0.2, 0.25) is 0 Å². The van der Waals surface area contributed by atoms with Crippen molar-refractivity contribution >= 4 is 29.9 Å². The van der Waals surface area contributed by atoms with Crippen molar-refractivity contribution in [1.82, 2.24) is 10.6 Å². The van der Waals surface area contributed by atoms with E-state index in [0.717, 1.165) is 37.9 Å². The van der Waals surface area contributed by atoms with Crippen molar-refractivity contribution in [2.75, 3.05) is 26.3 Å². The molecule has 150 valence electrons. The number of ether oxygens (including phenoxy) is 1. The highest BCUT2D eigenvalue weighted by Crippen LogP contribution is 2.18. The van der Waals surface area contributed by atoms with Gasteiger partial charge >= 0.3 is 0 Å². The van der Waals surface area contributed by atoms with E-state index in [1.54, 1.807) is 6.07 Å². The number of nitrogens with one attached hydrogen (secondary N) is 2. The van der Waals surface area contributed by atoms with Gasteiger partial charge in [0.1, 0.15) is 0 Å². The van der Waals surface area contributed by atoms with Crippen molar-refractivity contribution in [1.29, 1.82) is 0 Å². The van der Waals surface area contributed by atoms with Crippen molar-refractivity contribution in [2.24, 2.45) is 10.9 Å². The van der Waals surface area contributed by atoms with E-state index in [-0.39, 0.29) is 42.2 Å². The van der Waals surface area contributed by atoms with E-state index in [9.17, 15) is 4.39 Å². The van der Waals surface area contributed by atoms with E-state index in [0.29, 0.717) is 25.0 Å². The third kappa shape index (κ3) is 9.56. The molecule has 1 aromatic rings. The number of hydrogen-bond acceptors (Lipinski definition) is 3. The van der Waals surface area contributed by atoms with Crippen molar-refractivity contribution < 1.29 is 14.2 Å². The lowest BCUT2D eigenvalue weighted by molar-refractivity contribution is 0.251. The lowest BCUT2D eigenvalue weighted by Crippen LogP contribution is -2.40. The molecule has 0 amide bonds. The summed E-state index contributed by atoms with van der Waals surface area (Å²) in [6, 6.07) is 4.93. The molecule has 0 aliphatic rings. The topological polar surface area (TPSA) is 65.9 Å². The molecule has 0 spiro atoms. The molecule has 3 N–H and O–H groups in total. The molecular weight excluding hydrogens is 448 g/mol. The molecule has 7 heteroatoms. The van der Waals surface area contributed by atoms with Crippen molar-refractivity contribution in [2.45, 2.75) is 46.6 Å². The van der Waals surface area contributed by atoms with Crippen LogP contribution < -0.4 is 15.4 Å². The molecule has 0 saturated carbocycles. The lowest BCUT2D eigenvalue weighted by Gasteiger charge is -2.18. The smallest absolute Gasteiger partial charge is 0.191 e. The molecule has 5 nitrogen and oxygen atoms in total. The van der Waals surface area contributed by atoms with Gasteiger partial charge in [0.05, 0.1) is 13.2 Å². The van der Waals surface area contributed by atoms with Crippen LogP contribution in [0, 0.1) is 11.7 Å². The number of guanidine groups is 1. The molecule has 0 saturated heterocycles. The first-order valence-electron chi connectivity index (χ1n) is 9.18. The average molecular weight is 481 g/mol. The largest absolute Gasteiger partial charge is 0.491 e. The van der Waals surface area contributed by atoms with Crippen LogP contribution >= 0.6 is 24.0 Å². The fraction of sp³-hybridized carbons (Fsp3) is 0.632. The summed E-state index contributed by atoms with van der Waals surface area (Å²) >= 11 is 0. The van der Waals surface area contributed by atoms with Crippen LogP contribution in [-0.2, 0) is 6.54 Å². The second-order valence-electron chi connectivity index (χ2n) is 5.94. The molecule has 0 bridgehead atoms. The first kappa shape index (κ1) is 24.9. The Morgan fingerprint density at radius 3 is 2.58 bits per heavy atom. The SMILES string of the molecule is CCCC(CCO)CNC(=NCc1ccc(OCC)c(F)c1)NCC.I. The maximum Gasteiger partial charge on any atom is 0.191 e. The van der Waals surface area contributed by atoms with Crippen LogP contribution in [0.1, 0.15) is 45.6 Å². The van der Waals surface area contributed by atoms with Gasteiger partial charge in [-0.2, -0.15) is 0 Å². The van der Waals surface area contributed by atoms with Crippen LogP contribution in [-0.4, -0.2) is 37.4 Å². The highest BCUT2D eigenvalue weighted by molar-refractivity contribution is 14.0. The van der Waals surface area contributed by atoms with Crippen molar-refractivity contribution in [3.63, 3.8) is 0 Å². The molecule has 1 aromatic carbocycles. The van der Waals surface area contributed by atoms with Gasteiger partial charge in [-0.1, -0.05) is 19.4 Å². The molecule has 1 rings (SSSR count). The number of aliphatic hydroxyl groups excluding tert-OH is 1. The van der Waals surface area contributed by atoms with Gasteiger partial charge in [0.25, 0.3) is 0 Å². The van der Waals surface area contributed by atoms with Crippen LogP contribution in [0.4, 0.5) is 4.39 Å². The second kappa shape index (κ2) is 15.0. The number of hydrogen-bond donors (Lipinski definition) is 3. The Bertz CT molecular complexity index is 524. The normalized spacial score (nSPS) is 12.3. The number of halogens is 2. The molecule has 26 heavy (non-hydrogen) atoms. The average Bonchev–Trinajstić information content (AvgIpc) is 2.60. The van der Waals surface area contributed by atoms with Crippen molar-refractivity contribution in [3.8, 4) is 5.75 Å². The molecule has 0 aliphatic carbocycles. The predicted molar refractivity (Wildman–Crippen MR) is 116 cm³/mol. The summed E-state index contributed by atoms with van der Waals surface area (Å²) in [5.74, 6) is 1.03. The van der Waals surface area contributed by atoms with E-state index in [1.807, 2.05) is 19.9 Å². The summed E-state index contributed by atoms with van der Waals surface area (Å²) in [7, 11) is 0. The summed E-state index contributed by atoms with van der Waals surface area (Å²) < 4.78 is 19.1. The van der Waals surface area contributed by atoms with Crippen LogP contribution in [0.5, 0.6) is 5.75 Å². The van der Waals surface area contributed by atoms with E-state index in [2.05, 4.69) is 22.5 Å². The lowest BCUT2D eigenvalue weighted by atomic mass is 10.0. The van der Waals surface area contributed by atoms with Gasteiger partial charge in [-0.15, -0.1) is 24.0 Å². The molecule has 0 aromatic heterocycles. The van der Waals surface area contributed by atoms with E-state index < -0.39 is 0 Å². The van der Waals surface area contributed by atoms with Crippen molar-refractivity contribution in [3.05, 3.63) is 29.6 Å². The number of aliphatic imine (C=N–C) groups is 1. The zero-order chi connectivity index (χ0) is 18.5.